The summed E-state index contributed by atoms with van der Waals surface area (Å²) in [4.78, 5) is 13.5. The fourth-order valence-corrected chi connectivity index (χ4v) is 3.38. The topological polar surface area (TPSA) is 43.8 Å². The molecule has 6 heteroatoms. The first-order chi connectivity index (χ1) is 12.8. The number of guanidine groups is 1. The van der Waals surface area contributed by atoms with E-state index in [2.05, 4.69) is 68.4 Å². The Morgan fingerprint density at radius 2 is 1.85 bits per heavy atom. The molecule has 2 heterocycles. The lowest BCUT2D eigenvalue weighted by molar-refractivity contribution is 0.172. The van der Waals surface area contributed by atoms with E-state index in [0.717, 1.165) is 51.6 Å². The molecule has 0 spiro atoms. The largest absolute Gasteiger partial charge is 0.356 e. The Labute approximate surface area is 179 Å². The number of aryl methyl sites for hydroxylation is 1. The zero-order valence-corrected chi connectivity index (χ0v) is 18.6. The molecule has 146 valence electrons. The summed E-state index contributed by atoms with van der Waals surface area (Å²) in [5.41, 5.74) is 3.98. The van der Waals surface area contributed by atoms with E-state index in [1.807, 2.05) is 19.4 Å². The van der Waals surface area contributed by atoms with E-state index in [9.17, 15) is 0 Å². The number of hydrogen-bond acceptors (Lipinski definition) is 3. The Morgan fingerprint density at radius 1 is 1.11 bits per heavy atom. The second kappa shape index (κ2) is 11.2. The Kier molecular flexibility index (Phi) is 9.00. The van der Waals surface area contributed by atoms with Crippen molar-refractivity contribution in [1.29, 1.82) is 0 Å². The lowest BCUT2D eigenvalue weighted by Crippen LogP contribution is -2.52. The number of aliphatic imine (C=N–C) groups is 1. The fraction of sp³-hybridized carbons (Fsp3) is 0.429. The summed E-state index contributed by atoms with van der Waals surface area (Å²) in [6.07, 6.45) is 4.78. The SMILES string of the molecule is CN=C(NCCc1ccncc1C)N1CCN(Cc2ccccc2)CC1.I. The summed E-state index contributed by atoms with van der Waals surface area (Å²) >= 11 is 0. The summed E-state index contributed by atoms with van der Waals surface area (Å²) in [6, 6.07) is 12.8. The Morgan fingerprint density at radius 3 is 2.52 bits per heavy atom. The monoisotopic (exact) mass is 479 g/mol. The summed E-state index contributed by atoms with van der Waals surface area (Å²) in [5.74, 6) is 1.01. The minimum Gasteiger partial charge on any atom is -0.356 e. The van der Waals surface area contributed by atoms with Gasteiger partial charge in [0.15, 0.2) is 5.96 Å². The van der Waals surface area contributed by atoms with Crippen molar-refractivity contribution < 1.29 is 0 Å². The van der Waals surface area contributed by atoms with Gasteiger partial charge in [0, 0.05) is 58.7 Å². The van der Waals surface area contributed by atoms with E-state index in [1.54, 1.807) is 0 Å². The molecule has 1 fully saturated rings. The normalized spacial score (nSPS) is 15.3. The summed E-state index contributed by atoms with van der Waals surface area (Å²) in [6.45, 7) is 8.20. The van der Waals surface area contributed by atoms with Crippen LogP contribution in [-0.2, 0) is 13.0 Å². The van der Waals surface area contributed by atoms with Crippen LogP contribution in [0.3, 0.4) is 0 Å². The predicted octanol–water partition coefficient (Wildman–Crippen LogP) is 2.94. The van der Waals surface area contributed by atoms with Gasteiger partial charge in [0.25, 0.3) is 0 Å². The van der Waals surface area contributed by atoms with E-state index in [1.165, 1.54) is 16.7 Å². The molecule has 2 aromatic rings. The van der Waals surface area contributed by atoms with Crippen LogP contribution in [0.2, 0.25) is 0 Å². The number of piperazine rings is 1. The Balaban J connectivity index is 0.00000261. The average molecular weight is 479 g/mol. The van der Waals surface area contributed by atoms with Crippen molar-refractivity contribution >= 4 is 29.9 Å². The van der Waals surface area contributed by atoms with Gasteiger partial charge in [-0.25, -0.2) is 0 Å². The minimum atomic E-state index is 0. The van der Waals surface area contributed by atoms with Crippen molar-refractivity contribution in [2.75, 3.05) is 39.8 Å². The van der Waals surface area contributed by atoms with Crippen LogP contribution in [0.4, 0.5) is 0 Å². The summed E-state index contributed by atoms with van der Waals surface area (Å²) < 4.78 is 0. The van der Waals surface area contributed by atoms with Crippen molar-refractivity contribution in [3.8, 4) is 0 Å². The quantitative estimate of drug-likeness (QED) is 0.407. The number of aromatic nitrogens is 1. The number of nitrogens with one attached hydrogen (secondary N) is 1. The molecule has 27 heavy (non-hydrogen) atoms. The number of hydrogen-bond donors (Lipinski definition) is 1. The second-order valence-corrected chi connectivity index (χ2v) is 6.77. The molecule has 0 unspecified atom stereocenters. The van der Waals surface area contributed by atoms with E-state index < -0.39 is 0 Å². The third-order valence-electron chi connectivity index (χ3n) is 4.95. The summed E-state index contributed by atoms with van der Waals surface area (Å²) in [7, 11) is 1.87. The molecule has 0 bridgehead atoms. The maximum atomic E-state index is 4.47. The van der Waals surface area contributed by atoms with Gasteiger partial charge in [-0.1, -0.05) is 30.3 Å². The highest BCUT2D eigenvalue weighted by Crippen LogP contribution is 2.09. The Bertz CT molecular complexity index is 712. The van der Waals surface area contributed by atoms with Crippen LogP contribution in [-0.4, -0.2) is 60.5 Å². The highest BCUT2D eigenvalue weighted by atomic mass is 127. The van der Waals surface area contributed by atoms with E-state index in [-0.39, 0.29) is 24.0 Å². The van der Waals surface area contributed by atoms with E-state index in [4.69, 9.17) is 0 Å². The first-order valence-electron chi connectivity index (χ1n) is 9.37. The van der Waals surface area contributed by atoms with Gasteiger partial charge < -0.3 is 10.2 Å². The van der Waals surface area contributed by atoms with Crippen LogP contribution in [0.5, 0.6) is 0 Å². The number of pyridine rings is 1. The first-order valence-corrected chi connectivity index (χ1v) is 9.37. The first kappa shape index (κ1) is 21.6. The van der Waals surface area contributed by atoms with Crippen molar-refractivity contribution in [2.24, 2.45) is 4.99 Å². The van der Waals surface area contributed by atoms with Gasteiger partial charge in [-0.3, -0.25) is 14.9 Å². The van der Waals surface area contributed by atoms with Gasteiger partial charge in [0.1, 0.15) is 0 Å². The molecule has 0 atom stereocenters. The zero-order chi connectivity index (χ0) is 18.2. The molecule has 3 rings (SSSR count). The lowest BCUT2D eigenvalue weighted by Gasteiger charge is -2.36. The Hall–Kier alpha value is -1.67. The molecule has 1 aliphatic rings. The zero-order valence-electron chi connectivity index (χ0n) is 16.3. The van der Waals surface area contributed by atoms with Crippen LogP contribution in [0, 0.1) is 6.92 Å². The molecule has 1 saturated heterocycles. The number of benzene rings is 1. The lowest BCUT2D eigenvalue weighted by atomic mass is 10.1. The molecule has 0 amide bonds. The van der Waals surface area contributed by atoms with Crippen LogP contribution in [0.15, 0.2) is 53.8 Å². The third kappa shape index (κ3) is 6.46. The molecule has 1 N–H and O–H groups in total. The van der Waals surface area contributed by atoms with E-state index in [0.29, 0.717) is 0 Å². The van der Waals surface area contributed by atoms with Crippen LogP contribution < -0.4 is 5.32 Å². The molecule has 1 aromatic heterocycles. The average Bonchev–Trinajstić information content (AvgIpc) is 2.68. The van der Waals surface area contributed by atoms with Crippen LogP contribution in [0.1, 0.15) is 16.7 Å². The van der Waals surface area contributed by atoms with Crippen LogP contribution >= 0.6 is 24.0 Å². The fourth-order valence-electron chi connectivity index (χ4n) is 3.38. The van der Waals surface area contributed by atoms with Crippen molar-refractivity contribution in [3.05, 3.63) is 65.5 Å². The molecule has 0 radical (unpaired) electrons. The van der Waals surface area contributed by atoms with E-state index >= 15 is 0 Å². The van der Waals surface area contributed by atoms with Gasteiger partial charge in [-0.2, -0.15) is 0 Å². The number of rotatable bonds is 5. The smallest absolute Gasteiger partial charge is 0.193 e. The maximum absolute atomic E-state index is 4.47. The number of nitrogens with zero attached hydrogens (tertiary/aromatic N) is 4. The van der Waals surface area contributed by atoms with Gasteiger partial charge >= 0.3 is 0 Å². The van der Waals surface area contributed by atoms with Gasteiger partial charge in [-0.05, 0) is 36.1 Å². The molecular weight excluding hydrogens is 449 g/mol. The van der Waals surface area contributed by atoms with Gasteiger partial charge in [-0.15, -0.1) is 24.0 Å². The molecular formula is C21H30IN5. The van der Waals surface area contributed by atoms with Gasteiger partial charge in [0.05, 0.1) is 0 Å². The molecule has 5 nitrogen and oxygen atoms in total. The molecule has 1 aromatic carbocycles. The third-order valence-corrected chi connectivity index (χ3v) is 4.95. The molecule has 0 saturated carbocycles. The van der Waals surface area contributed by atoms with Gasteiger partial charge in [0.2, 0.25) is 0 Å². The highest BCUT2D eigenvalue weighted by molar-refractivity contribution is 14.0. The minimum absolute atomic E-state index is 0. The van der Waals surface area contributed by atoms with Crippen LogP contribution in [0.25, 0.3) is 0 Å². The van der Waals surface area contributed by atoms with Crippen molar-refractivity contribution in [2.45, 2.75) is 19.9 Å². The van der Waals surface area contributed by atoms with Crippen molar-refractivity contribution in [3.63, 3.8) is 0 Å². The maximum Gasteiger partial charge on any atom is 0.193 e. The standard InChI is InChI=1S/C21H29N5.HI/c1-18-16-23-10-8-20(18)9-11-24-21(22-2)26-14-12-25(13-15-26)17-19-6-4-3-5-7-19;/h3-8,10,16H,9,11-15,17H2,1-2H3,(H,22,24);1H. The summed E-state index contributed by atoms with van der Waals surface area (Å²) in [5, 5.41) is 3.52. The number of halogens is 1. The highest BCUT2D eigenvalue weighted by Gasteiger charge is 2.19. The second-order valence-electron chi connectivity index (χ2n) is 6.77. The molecule has 1 aliphatic heterocycles. The van der Waals surface area contributed by atoms with Crippen molar-refractivity contribution in [1.82, 2.24) is 20.1 Å². The predicted molar refractivity (Wildman–Crippen MR) is 123 cm³/mol. The molecule has 0 aliphatic carbocycles.